The third kappa shape index (κ3) is 6.59. The minimum absolute atomic E-state index is 0.568. The number of hydrogen-bond acceptors (Lipinski definition) is 5. The minimum Gasteiger partial charge on any atom is -0.421 e. The standard InChI is InChI=1S/C6H4BrN2.C2F6NO4S2/c7-5-1-3-6(9-8)4-2-5;3-1(4,5)14(10,11)9-15(12,13)2(6,7)8/h1-4H;/q+1;-1. The zero-order chi connectivity index (χ0) is 19.4. The van der Waals surface area contributed by atoms with Crippen molar-refractivity contribution in [2.75, 3.05) is 0 Å². The molecular formula is C8H4BrF6N3O4S2. The Morgan fingerprint density at radius 3 is 1.46 bits per heavy atom. The topological polar surface area (TPSA) is 111 Å². The number of nitrogens with zero attached hydrogens (tertiary/aromatic N) is 3. The molecule has 0 radical (unpaired) electrons. The lowest BCUT2D eigenvalue weighted by atomic mass is 10.3. The number of halogens is 7. The summed E-state index contributed by atoms with van der Waals surface area (Å²) in [4.78, 5) is 2.99. The van der Waals surface area contributed by atoms with E-state index in [-0.39, 0.29) is 0 Å². The summed E-state index contributed by atoms with van der Waals surface area (Å²) in [5, 5.41) is 8.24. The molecule has 0 fully saturated rings. The first-order chi connectivity index (χ1) is 10.5. The van der Waals surface area contributed by atoms with Crippen molar-refractivity contribution in [3.63, 3.8) is 0 Å². The average molecular weight is 464 g/mol. The third-order valence-electron chi connectivity index (χ3n) is 1.72. The van der Waals surface area contributed by atoms with E-state index in [4.69, 9.17) is 5.39 Å². The maximum atomic E-state index is 11.4. The van der Waals surface area contributed by atoms with E-state index < -0.39 is 31.1 Å². The van der Waals surface area contributed by atoms with Crippen LogP contribution >= 0.6 is 15.9 Å². The molecular weight excluding hydrogens is 460 g/mol. The molecule has 0 N–H and O–H groups in total. The van der Waals surface area contributed by atoms with Crippen LogP contribution < -0.4 is 0 Å². The van der Waals surface area contributed by atoms with Gasteiger partial charge < -0.3 is 4.13 Å². The Hall–Kier alpha value is -1.44. The van der Waals surface area contributed by atoms with E-state index in [2.05, 4.69) is 20.9 Å². The zero-order valence-corrected chi connectivity index (χ0v) is 14.0. The van der Waals surface area contributed by atoms with Crippen LogP contribution in [-0.2, 0) is 20.0 Å². The van der Waals surface area contributed by atoms with Crippen molar-refractivity contribution in [1.29, 1.82) is 5.39 Å². The van der Waals surface area contributed by atoms with E-state index in [0.717, 1.165) is 8.60 Å². The van der Waals surface area contributed by atoms with Gasteiger partial charge in [-0.3, -0.25) is 0 Å². The van der Waals surface area contributed by atoms with Crippen molar-refractivity contribution in [3.8, 4) is 0 Å². The second kappa shape index (κ2) is 7.63. The Morgan fingerprint density at radius 1 is 0.875 bits per heavy atom. The number of hydrogen-bond donors (Lipinski definition) is 0. The number of rotatable bonds is 2. The lowest BCUT2D eigenvalue weighted by molar-refractivity contribution is -0.0444. The van der Waals surface area contributed by atoms with Crippen LogP contribution in [0.15, 0.2) is 28.7 Å². The van der Waals surface area contributed by atoms with Crippen LogP contribution in [0.1, 0.15) is 0 Å². The Balaban J connectivity index is 0.000000496. The smallest absolute Gasteiger partial charge is 0.421 e. The van der Waals surface area contributed by atoms with Gasteiger partial charge >= 0.3 is 16.7 Å². The van der Waals surface area contributed by atoms with Crippen molar-refractivity contribution >= 4 is 41.7 Å². The predicted molar refractivity (Wildman–Crippen MR) is 72.2 cm³/mol. The predicted octanol–water partition coefficient (Wildman–Crippen LogP) is 3.99. The summed E-state index contributed by atoms with van der Waals surface area (Å²) < 4.78 is 110. The highest BCUT2D eigenvalue weighted by molar-refractivity contribution is 9.10. The maximum absolute atomic E-state index is 11.4. The molecule has 0 atom stereocenters. The summed E-state index contributed by atoms with van der Waals surface area (Å²) in [7, 11) is -13.4. The van der Waals surface area contributed by atoms with Crippen LogP contribution in [-0.4, -0.2) is 27.9 Å². The largest absolute Gasteiger partial charge is 0.480 e. The summed E-state index contributed by atoms with van der Waals surface area (Å²) in [5.41, 5.74) is -11.8. The average Bonchev–Trinajstić information content (AvgIpc) is 2.36. The zero-order valence-electron chi connectivity index (χ0n) is 10.7. The Morgan fingerprint density at radius 2 is 1.21 bits per heavy atom. The lowest BCUT2D eigenvalue weighted by Gasteiger charge is -2.22. The molecule has 0 spiro atoms. The summed E-state index contributed by atoms with van der Waals surface area (Å²) >= 11 is 3.25. The van der Waals surface area contributed by atoms with E-state index in [1.807, 2.05) is 12.1 Å². The van der Waals surface area contributed by atoms with Gasteiger partial charge in [0, 0.05) is 16.6 Å². The van der Waals surface area contributed by atoms with Crippen molar-refractivity contribution in [2.24, 2.45) is 0 Å². The summed E-state index contributed by atoms with van der Waals surface area (Å²) in [6.07, 6.45) is 0. The molecule has 0 aliphatic carbocycles. The van der Waals surface area contributed by atoms with Crippen LogP contribution in [0, 0.1) is 5.39 Å². The van der Waals surface area contributed by atoms with Crippen molar-refractivity contribution < 1.29 is 43.2 Å². The quantitative estimate of drug-likeness (QED) is 0.486. The molecule has 0 saturated carbocycles. The van der Waals surface area contributed by atoms with Gasteiger partial charge in [-0.05, 0) is 12.1 Å². The number of alkyl halides is 6. The SMILES string of the molecule is N#[N+]c1ccc(Br)cc1.O=S(=O)([N-]S(=O)(=O)C(F)(F)F)C(F)(F)F. The lowest BCUT2D eigenvalue weighted by Crippen LogP contribution is -2.30. The molecule has 0 amide bonds. The molecule has 0 aliphatic heterocycles. The molecule has 16 heteroatoms. The molecule has 1 rings (SSSR count). The van der Waals surface area contributed by atoms with Crippen LogP contribution in [0.4, 0.5) is 32.0 Å². The van der Waals surface area contributed by atoms with Crippen LogP contribution in [0.3, 0.4) is 0 Å². The maximum Gasteiger partial charge on any atom is 0.480 e. The van der Waals surface area contributed by atoms with Gasteiger partial charge in [-0.1, -0.05) is 15.9 Å². The van der Waals surface area contributed by atoms with Gasteiger partial charge in [-0.15, -0.1) is 0 Å². The highest BCUT2D eigenvalue weighted by Gasteiger charge is 2.46. The highest BCUT2D eigenvalue weighted by Crippen LogP contribution is 2.36. The van der Waals surface area contributed by atoms with Gasteiger partial charge in [0.15, 0.2) is 25.0 Å². The monoisotopic (exact) mass is 463 g/mol. The molecule has 136 valence electrons. The van der Waals surface area contributed by atoms with Crippen LogP contribution in [0.5, 0.6) is 0 Å². The van der Waals surface area contributed by atoms with E-state index in [9.17, 15) is 43.2 Å². The molecule has 1 aromatic carbocycles. The Kier molecular flexibility index (Phi) is 7.17. The molecule has 0 bridgehead atoms. The molecule has 0 saturated heterocycles. The van der Waals surface area contributed by atoms with E-state index >= 15 is 0 Å². The fourth-order valence-corrected chi connectivity index (χ4v) is 2.70. The molecule has 0 heterocycles. The molecule has 7 nitrogen and oxygen atoms in total. The van der Waals surface area contributed by atoms with Crippen molar-refractivity contribution in [1.82, 2.24) is 0 Å². The van der Waals surface area contributed by atoms with Crippen molar-refractivity contribution in [2.45, 2.75) is 11.0 Å². The molecule has 1 aromatic rings. The normalized spacial score (nSPS) is 12.8. The first kappa shape index (κ1) is 22.6. The second-order valence-electron chi connectivity index (χ2n) is 3.49. The highest BCUT2D eigenvalue weighted by atomic mass is 79.9. The van der Waals surface area contributed by atoms with E-state index in [0.29, 0.717) is 5.69 Å². The molecule has 0 aromatic heterocycles. The fourth-order valence-electron chi connectivity index (χ4n) is 0.721. The fraction of sp³-hybridized carbons (Fsp3) is 0.250. The Labute approximate surface area is 139 Å². The van der Waals surface area contributed by atoms with E-state index in [1.165, 1.54) is 0 Å². The van der Waals surface area contributed by atoms with Crippen molar-refractivity contribution in [3.05, 3.63) is 37.8 Å². The first-order valence-electron chi connectivity index (χ1n) is 5.01. The van der Waals surface area contributed by atoms with Gasteiger partial charge in [0.1, 0.15) is 0 Å². The number of benzene rings is 1. The summed E-state index contributed by atoms with van der Waals surface area (Å²) in [6.45, 7) is 0. The van der Waals surface area contributed by atoms with Gasteiger partial charge in [0.25, 0.3) is 0 Å². The van der Waals surface area contributed by atoms with Gasteiger partial charge in [-0.25, -0.2) is 16.8 Å². The molecule has 24 heavy (non-hydrogen) atoms. The minimum atomic E-state index is -6.72. The molecule has 0 unspecified atom stereocenters. The summed E-state index contributed by atoms with van der Waals surface area (Å²) in [5.74, 6) is 0. The first-order valence-corrected chi connectivity index (χ1v) is 8.68. The number of sulfonamides is 2. The summed E-state index contributed by atoms with van der Waals surface area (Å²) in [6, 6.07) is 7.05. The number of diazo groups is 1. The van der Waals surface area contributed by atoms with Gasteiger partial charge in [-0.2, -0.15) is 26.3 Å². The second-order valence-corrected chi connectivity index (χ2v) is 7.83. The van der Waals surface area contributed by atoms with E-state index in [1.54, 1.807) is 12.1 Å². The Bertz CT molecular complexity index is 769. The van der Waals surface area contributed by atoms with Crippen LogP contribution in [0.25, 0.3) is 9.10 Å². The third-order valence-corrected chi connectivity index (χ3v) is 4.99. The molecule has 0 aliphatic rings. The van der Waals surface area contributed by atoms with Crippen LogP contribution in [0.2, 0.25) is 0 Å². The van der Waals surface area contributed by atoms with Gasteiger partial charge in [0.2, 0.25) is 5.39 Å². The van der Waals surface area contributed by atoms with Gasteiger partial charge in [0.05, 0.1) is 0 Å².